The highest BCUT2D eigenvalue weighted by Gasteiger charge is 2.54. The molecule has 3 amide bonds. The molecule has 14 N–H and O–H groups in total. The molecule has 1 unspecified atom stereocenters. The fraction of sp³-hybridized carbons (Fsp3) is 0.640. The molecule has 2 aliphatic heterocycles. The van der Waals surface area contributed by atoms with E-state index < -0.39 is 96.6 Å². The lowest BCUT2D eigenvalue weighted by Gasteiger charge is -2.49. The van der Waals surface area contributed by atoms with E-state index in [1.807, 2.05) is 0 Å². The minimum absolute atomic E-state index is 0.0499. The van der Waals surface area contributed by atoms with Crippen molar-refractivity contribution < 1.29 is 53.9 Å². The second kappa shape index (κ2) is 17.5. The SMILES string of the molecule is NC(N)=NCCC[C@@H](NC(=O)[C@@H](N)CO)[C@H](O)CC(=O)OCC1=C(C(=O)O)N2C(=O)[C@@H](NC(=O)CCC[C@@H](N)C(=O)O)C2SC1. The largest absolute Gasteiger partial charge is 0.480 e. The van der Waals surface area contributed by atoms with Crippen LogP contribution in [0.3, 0.4) is 0 Å². The lowest BCUT2D eigenvalue weighted by molar-refractivity contribution is -0.151. The summed E-state index contributed by atoms with van der Waals surface area (Å²) >= 11 is 1.15. The maximum absolute atomic E-state index is 12.8. The predicted molar refractivity (Wildman–Crippen MR) is 158 cm³/mol. The maximum Gasteiger partial charge on any atom is 0.352 e. The molecule has 2 aliphatic rings. The fourth-order valence-corrected chi connectivity index (χ4v) is 5.77. The van der Waals surface area contributed by atoms with Crippen LogP contribution in [0.2, 0.25) is 0 Å². The zero-order valence-electron chi connectivity index (χ0n) is 24.3. The van der Waals surface area contributed by atoms with E-state index in [2.05, 4.69) is 15.6 Å². The van der Waals surface area contributed by atoms with E-state index in [-0.39, 0.29) is 49.5 Å². The first-order chi connectivity index (χ1) is 21.2. The van der Waals surface area contributed by atoms with E-state index >= 15 is 0 Å². The number of ether oxygens (including phenoxy) is 1. The fourth-order valence-electron chi connectivity index (χ4n) is 4.44. The van der Waals surface area contributed by atoms with Gasteiger partial charge in [-0.3, -0.25) is 33.9 Å². The number of carbonyl (C=O) groups excluding carboxylic acids is 4. The molecule has 0 aromatic heterocycles. The molecule has 19 nitrogen and oxygen atoms in total. The Kier molecular flexibility index (Phi) is 14.5. The third kappa shape index (κ3) is 10.8. The Balaban J connectivity index is 1.98. The van der Waals surface area contributed by atoms with E-state index in [9.17, 15) is 39.0 Å². The van der Waals surface area contributed by atoms with Crippen LogP contribution in [0.1, 0.15) is 38.5 Å². The molecular formula is C25H40N8O11S. The molecule has 45 heavy (non-hydrogen) atoms. The van der Waals surface area contributed by atoms with Crippen molar-refractivity contribution >= 4 is 53.4 Å². The number of carboxylic acid groups (broad SMARTS) is 2. The number of aliphatic imine (C=N–C) groups is 1. The molecule has 0 aromatic rings. The number of carbonyl (C=O) groups is 6. The van der Waals surface area contributed by atoms with Crippen LogP contribution < -0.4 is 33.6 Å². The van der Waals surface area contributed by atoms with Crippen LogP contribution in [-0.2, 0) is 33.5 Å². The molecule has 0 saturated carbocycles. The Hall–Kier alpha value is -3.98. The molecule has 252 valence electrons. The molecule has 0 bridgehead atoms. The smallest absolute Gasteiger partial charge is 0.352 e. The van der Waals surface area contributed by atoms with Gasteiger partial charge in [-0.15, -0.1) is 11.8 Å². The second-order valence-electron chi connectivity index (χ2n) is 10.3. The summed E-state index contributed by atoms with van der Waals surface area (Å²) in [5.74, 6) is -5.64. The summed E-state index contributed by atoms with van der Waals surface area (Å²) in [4.78, 5) is 77.5. The molecule has 0 radical (unpaired) electrons. The van der Waals surface area contributed by atoms with Crippen LogP contribution in [0.25, 0.3) is 0 Å². The van der Waals surface area contributed by atoms with Gasteiger partial charge >= 0.3 is 17.9 Å². The third-order valence-electron chi connectivity index (χ3n) is 6.88. The number of nitrogens with one attached hydrogen (secondary N) is 2. The molecule has 0 aliphatic carbocycles. The van der Waals surface area contributed by atoms with E-state index in [4.69, 9.17) is 37.9 Å². The van der Waals surface area contributed by atoms with E-state index in [1.165, 1.54) is 0 Å². The van der Waals surface area contributed by atoms with Crippen LogP contribution in [0, 0.1) is 0 Å². The van der Waals surface area contributed by atoms with Crippen molar-refractivity contribution in [3.8, 4) is 0 Å². The summed E-state index contributed by atoms with van der Waals surface area (Å²) in [6, 6.07) is -4.37. The van der Waals surface area contributed by atoms with E-state index in [0.29, 0.717) is 6.42 Å². The standard InChI is InChI=1S/C25H40N8O11S/c26-12(23(40)41)3-1-5-16(36)32-18-21(39)33-19(24(42)43)11(10-45-22(18)33)9-44-17(37)7-15(35)14(4-2-6-30-25(28)29)31-20(38)13(27)8-34/h12-15,18,22,34-35H,1-10,26-27H2,(H,31,38)(H,32,36)(H,40,41)(H,42,43)(H4,28,29,30)/t12-,13+,14-,15-,18-,22?/m1/s1. The molecular weight excluding hydrogens is 620 g/mol. The summed E-state index contributed by atoms with van der Waals surface area (Å²) in [7, 11) is 0. The highest BCUT2D eigenvalue weighted by Crippen LogP contribution is 2.40. The van der Waals surface area contributed by atoms with Crippen LogP contribution in [0.5, 0.6) is 0 Å². The number of nitrogens with zero attached hydrogens (tertiary/aromatic N) is 2. The van der Waals surface area contributed by atoms with Crippen molar-refractivity contribution in [3.63, 3.8) is 0 Å². The molecule has 0 aromatic carbocycles. The Morgan fingerprint density at radius 1 is 1.09 bits per heavy atom. The number of guanidine groups is 1. The number of fused-ring (bicyclic) bond motifs is 1. The van der Waals surface area contributed by atoms with Crippen molar-refractivity contribution in [2.45, 2.75) is 74.2 Å². The van der Waals surface area contributed by atoms with Gasteiger partial charge in [0.05, 0.1) is 25.2 Å². The highest BCUT2D eigenvalue weighted by atomic mass is 32.2. The zero-order chi connectivity index (χ0) is 33.8. The van der Waals surface area contributed by atoms with Crippen LogP contribution in [0.4, 0.5) is 0 Å². The molecule has 1 fully saturated rings. The predicted octanol–water partition coefficient (Wildman–Crippen LogP) is -4.54. The average Bonchev–Trinajstić information content (AvgIpc) is 2.98. The van der Waals surface area contributed by atoms with Crippen molar-refractivity contribution in [1.29, 1.82) is 0 Å². The van der Waals surface area contributed by atoms with Crippen LogP contribution in [0.15, 0.2) is 16.3 Å². The summed E-state index contributed by atoms with van der Waals surface area (Å²) in [6.07, 6.45) is -1.46. The average molecular weight is 661 g/mol. The first-order valence-electron chi connectivity index (χ1n) is 13.9. The highest BCUT2D eigenvalue weighted by molar-refractivity contribution is 8.00. The van der Waals surface area contributed by atoms with Gasteiger partial charge in [-0.25, -0.2) is 4.79 Å². The Bertz CT molecular complexity index is 1200. The number of hydrogen-bond donors (Lipinski definition) is 10. The summed E-state index contributed by atoms with van der Waals surface area (Å²) < 4.78 is 5.20. The number of amides is 3. The molecule has 2 heterocycles. The van der Waals surface area contributed by atoms with Gasteiger partial charge < -0.3 is 58.7 Å². The topological polar surface area (TPSA) is 336 Å². The number of β-lactam (4-membered cyclic amide) rings is 1. The van der Waals surface area contributed by atoms with Gasteiger partial charge in [0.15, 0.2) is 5.96 Å². The van der Waals surface area contributed by atoms with E-state index in [1.54, 1.807) is 0 Å². The number of aliphatic hydroxyl groups is 2. The van der Waals surface area contributed by atoms with E-state index in [0.717, 1.165) is 16.7 Å². The zero-order valence-corrected chi connectivity index (χ0v) is 25.1. The van der Waals surface area contributed by atoms with Crippen LogP contribution >= 0.6 is 11.8 Å². The maximum atomic E-state index is 12.8. The molecule has 2 rings (SSSR count). The van der Waals surface area contributed by atoms with Gasteiger partial charge in [-0.1, -0.05) is 0 Å². The Labute approximate surface area is 261 Å². The first kappa shape index (κ1) is 37.2. The van der Waals surface area contributed by atoms with Crippen molar-refractivity contribution in [2.24, 2.45) is 27.9 Å². The lowest BCUT2D eigenvalue weighted by Crippen LogP contribution is -2.70. The number of esters is 1. The van der Waals surface area contributed by atoms with Gasteiger partial charge in [-0.2, -0.15) is 0 Å². The number of nitrogens with two attached hydrogens (primary N) is 4. The summed E-state index contributed by atoms with van der Waals surface area (Å²) in [6.45, 7) is -0.987. The summed E-state index contributed by atoms with van der Waals surface area (Å²) in [5.41, 5.74) is 21.2. The van der Waals surface area contributed by atoms with Crippen molar-refractivity contribution in [1.82, 2.24) is 15.5 Å². The van der Waals surface area contributed by atoms with Gasteiger partial charge in [0, 0.05) is 24.3 Å². The first-order valence-corrected chi connectivity index (χ1v) is 15.0. The minimum atomic E-state index is -1.45. The lowest BCUT2D eigenvalue weighted by atomic mass is 10.0. The minimum Gasteiger partial charge on any atom is -0.480 e. The van der Waals surface area contributed by atoms with Crippen molar-refractivity contribution in [2.75, 3.05) is 25.5 Å². The number of hydrogen-bond acceptors (Lipinski definition) is 13. The number of thioether (sulfide) groups is 1. The summed E-state index contributed by atoms with van der Waals surface area (Å²) in [5, 5.41) is 42.7. The molecule has 0 spiro atoms. The van der Waals surface area contributed by atoms with Gasteiger partial charge in [0.25, 0.3) is 5.91 Å². The number of aliphatic hydroxyl groups excluding tert-OH is 2. The second-order valence-corrected chi connectivity index (χ2v) is 11.4. The number of aliphatic carboxylic acids is 2. The van der Waals surface area contributed by atoms with Crippen molar-refractivity contribution in [3.05, 3.63) is 11.3 Å². The normalized spacial score (nSPS) is 20.1. The molecule has 6 atom stereocenters. The molecule has 20 heteroatoms. The Morgan fingerprint density at radius 2 is 1.78 bits per heavy atom. The number of carboxylic acids is 2. The third-order valence-corrected chi connectivity index (χ3v) is 8.22. The van der Waals surface area contributed by atoms with Gasteiger partial charge in [-0.05, 0) is 25.7 Å². The monoisotopic (exact) mass is 660 g/mol. The van der Waals surface area contributed by atoms with Crippen LogP contribution in [-0.4, -0.2) is 128 Å². The molecule has 1 saturated heterocycles. The Morgan fingerprint density at radius 3 is 2.38 bits per heavy atom. The van der Waals surface area contributed by atoms with Gasteiger partial charge in [0.1, 0.15) is 35.8 Å². The van der Waals surface area contributed by atoms with Gasteiger partial charge in [0.2, 0.25) is 11.8 Å². The quantitative estimate of drug-likeness (QED) is 0.0205. The number of rotatable bonds is 19.